The maximum atomic E-state index is 11.9. The van der Waals surface area contributed by atoms with Crippen LogP contribution in [0, 0.1) is 11.3 Å². The monoisotopic (exact) mass is 262 g/mol. The minimum absolute atomic E-state index is 0.0208. The summed E-state index contributed by atoms with van der Waals surface area (Å²) in [5.74, 6) is 0.455. The normalized spacial score (nSPS) is 14.8. The Kier molecular flexibility index (Phi) is 5.55. The van der Waals surface area contributed by atoms with Gasteiger partial charge in [0.2, 0.25) is 5.91 Å². The molecule has 3 nitrogen and oxygen atoms in total. The maximum Gasteiger partial charge on any atom is 0.221 e. The molecule has 3 N–H and O–H groups in total. The average molecular weight is 262 g/mol. The van der Waals surface area contributed by atoms with Gasteiger partial charge in [-0.2, -0.15) is 0 Å². The second kappa shape index (κ2) is 6.71. The van der Waals surface area contributed by atoms with E-state index in [-0.39, 0.29) is 17.4 Å². The van der Waals surface area contributed by atoms with E-state index in [9.17, 15) is 4.79 Å². The predicted octanol–water partition coefficient (Wildman–Crippen LogP) is 2.87. The molecule has 0 fully saturated rings. The number of carbonyl (C=O) groups excluding carboxylic acids is 1. The van der Waals surface area contributed by atoms with E-state index in [1.165, 1.54) is 0 Å². The summed E-state index contributed by atoms with van der Waals surface area (Å²) in [6.07, 6.45) is 0.334. The number of nitrogens with two attached hydrogens (primary N) is 1. The molecule has 0 aliphatic carbocycles. The number of amides is 1. The molecule has 0 bridgehead atoms. The lowest BCUT2D eigenvalue weighted by atomic mass is 9.82. The fourth-order valence-electron chi connectivity index (χ4n) is 1.66. The lowest BCUT2D eigenvalue weighted by Gasteiger charge is -2.27. The van der Waals surface area contributed by atoms with Crippen LogP contribution in [-0.4, -0.2) is 12.5 Å². The molecule has 106 valence electrons. The van der Waals surface area contributed by atoms with E-state index in [1.54, 1.807) is 0 Å². The molecule has 0 aliphatic heterocycles. The molecule has 0 heterocycles. The molecule has 3 heteroatoms. The third-order valence-corrected chi connectivity index (χ3v) is 3.72. The Morgan fingerprint density at radius 2 is 1.84 bits per heavy atom. The van der Waals surface area contributed by atoms with E-state index >= 15 is 0 Å². The zero-order valence-electron chi connectivity index (χ0n) is 12.4. The summed E-state index contributed by atoms with van der Waals surface area (Å²) in [7, 11) is 0. The molecule has 0 saturated carbocycles. The van der Waals surface area contributed by atoms with Crippen LogP contribution >= 0.6 is 0 Å². The van der Waals surface area contributed by atoms with Gasteiger partial charge in [-0.15, -0.1) is 0 Å². The summed E-state index contributed by atoms with van der Waals surface area (Å²) < 4.78 is 0. The van der Waals surface area contributed by atoms with E-state index in [1.807, 2.05) is 30.3 Å². The molecule has 2 unspecified atom stereocenters. The van der Waals surface area contributed by atoms with Crippen molar-refractivity contribution in [3.8, 4) is 0 Å². The van der Waals surface area contributed by atoms with Crippen molar-refractivity contribution in [2.45, 2.75) is 40.2 Å². The van der Waals surface area contributed by atoms with E-state index < -0.39 is 0 Å². The lowest BCUT2D eigenvalue weighted by molar-refractivity contribution is -0.121. The molecule has 1 amide bonds. The van der Waals surface area contributed by atoms with Crippen molar-refractivity contribution in [1.29, 1.82) is 0 Å². The summed E-state index contributed by atoms with van der Waals surface area (Å²) in [6.45, 7) is 9.39. The summed E-state index contributed by atoms with van der Waals surface area (Å²) >= 11 is 0. The van der Waals surface area contributed by atoms with Gasteiger partial charge in [-0.05, 0) is 16.9 Å². The van der Waals surface area contributed by atoms with Crippen LogP contribution in [-0.2, 0) is 4.79 Å². The second-order valence-electron chi connectivity index (χ2n) is 6.29. The first-order valence-electron chi connectivity index (χ1n) is 6.88. The minimum Gasteiger partial charge on any atom is -0.356 e. The van der Waals surface area contributed by atoms with Gasteiger partial charge < -0.3 is 11.1 Å². The first-order chi connectivity index (χ1) is 8.80. The topological polar surface area (TPSA) is 55.1 Å². The van der Waals surface area contributed by atoms with Crippen LogP contribution in [0.1, 0.15) is 45.7 Å². The van der Waals surface area contributed by atoms with Crippen molar-refractivity contribution in [2.75, 3.05) is 6.54 Å². The number of carbonyl (C=O) groups is 1. The van der Waals surface area contributed by atoms with Crippen LogP contribution in [0.25, 0.3) is 0 Å². The third-order valence-electron chi connectivity index (χ3n) is 3.72. The molecule has 1 aromatic rings. The number of hydrogen-bond acceptors (Lipinski definition) is 2. The molecule has 19 heavy (non-hydrogen) atoms. The van der Waals surface area contributed by atoms with Gasteiger partial charge in [0, 0.05) is 19.0 Å². The van der Waals surface area contributed by atoms with Gasteiger partial charge in [-0.3, -0.25) is 4.79 Å². The van der Waals surface area contributed by atoms with Crippen LogP contribution in [0.4, 0.5) is 0 Å². The zero-order chi connectivity index (χ0) is 14.5. The summed E-state index contributed by atoms with van der Waals surface area (Å²) in [4.78, 5) is 11.9. The van der Waals surface area contributed by atoms with Crippen LogP contribution in [0.5, 0.6) is 0 Å². The van der Waals surface area contributed by atoms with Gasteiger partial charge in [0.05, 0.1) is 0 Å². The summed E-state index contributed by atoms with van der Waals surface area (Å²) in [5, 5.41) is 2.97. The maximum absolute atomic E-state index is 11.9. The smallest absolute Gasteiger partial charge is 0.221 e. The number of benzene rings is 1. The Balaban J connectivity index is 2.40. The van der Waals surface area contributed by atoms with Gasteiger partial charge in [0.25, 0.3) is 0 Å². The molecular weight excluding hydrogens is 236 g/mol. The average Bonchev–Trinajstić information content (AvgIpc) is 2.35. The van der Waals surface area contributed by atoms with Gasteiger partial charge in [0.15, 0.2) is 0 Å². The van der Waals surface area contributed by atoms with Crippen LogP contribution in [0.15, 0.2) is 30.3 Å². The summed E-state index contributed by atoms with van der Waals surface area (Å²) in [6, 6.07) is 9.50. The van der Waals surface area contributed by atoms with E-state index in [0.717, 1.165) is 5.56 Å². The van der Waals surface area contributed by atoms with E-state index in [0.29, 0.717) is 18.9 Å². The zero-order valence-corrected chi connectivity index (χ0v) is 12.4. The van der Waals surface area contributed by atoms with Crippen molar-refractivity contribution in [3.05, 3.63) is 35.9 Å². The number of rotatable bonds is 5. The van der Waals surface area contributed by atoms with Crippen molar-refractivity contribution in [1.82, 2.24) is 5.32 Å². The largest absolute Gasteiger partial charge is 0.356 e. The minimum atomic E-state index is -0.230. The standard InChI is InChI=1S/C16H26N2O/c1-12(16(2,3)4)11-18-15(19)10-14(17)13-8-6-5-7-9-13/h5-9,12,14H,10-11,17H2,1-4H3,(H,18,19). The van der Waals surface area contributed by atoms with Crippen molar-refractivity contribution in [3.63, 3.8) is 0 Å². The highest BCUT2D eigenvalue weighted by molar-refractivity contribution is 5.76. The summed E-state index contributed by atoms with van der Waals surface area (Å²) in [5.41, 5.74) is 7.23. The molecule has 2 atom stereocenters. The first kappa shape index (κ1) is 15.7. The Hall–Kier alpha value is -1.35. The van der Waals surface area contributed by atoms with E-state index in [2.05, 4.69) is 33.0 Å². The molecule has 0 aliphatic rings. The van der Waals surface area contributed by atoms with E-state index in [4.69, 9.17) is 5.73 Å². The molecular formula is C16H26N2O. The van der Waals surface area contributed by atoms with Crippen molar-refractivity contribution >= 4 is 5.91 Å². The van der Waals surface area contributed by atoms with Crippen LogP contribution in [0.3, 0.4) is 0 Å². The molecule has 0 saturated heterocycles. The van der Waals surface area contributed by atoms with Gasteiger partial charge in [0.1, 0.15) is 0 Å². The predicted molar refractivity (Wildman–Crippen MR) is 79.6 cm³/mol. The van der Waals surface area contributed by atoms with Crippen molar-refractivity contribution in [2.24, 2.45) is 17.1 Å². The quantitative estimate of drug-likeness (QED) is 0.857. The molecule has 0 aromatic heterocycles. The SMILES string of the molecule is CC(CNC(=O)CC(N)c1ccccc1)C(C)(C)C. The molecule has 1 aromatic carbocycles. The Morgan fingerprint density at radius 1 is 1.26 bits per heavy atom. The fourth-order valence-corrected chi connectivity index (χ4v) is 1.66. The lowest BCUT2D eigenvalue weighted by Crippen LogP contribution is -2.35. The number of nitrogens with one attached hydrogen (secondary N) is 1. The highest BCUT2D eigenvalue weighted by Gasteiger charge is 2.20. The molecule has 0 radical (unpaired) electrons. The van der Waals surface area contributed by atoms with Crippen LogP contribution < -0.4 is 11.1 Å². The third kappa shape index (κ3) is 5.43. The first-order valence-corrected chi connectivity index (χ1v) is 6.88. The van der Waals surface area contributed by atoms with Crippen molar-refractivity contribution < 1.29 is 4.79 Å². The second-order valence-corrected chi connectivity index (χ2v) is 6.29. The fraction of sp³-hybridized carbons (Fsp3) is 0.562. The van der Waals surface area contributed by atoms with Gasteiger partial charge >= 0.3 is 0 Å². The molecule has 1 rings (SSSR count). The highest BCUT2D eigenvalue weighted by Crippen LogP contribution is 2.24. The Labute approximate surface area is 116 Å². The van der Waals surface area contributed by atoms with Gasteiger partial charge in [-0.1, -0.05) is 58.0 Å². The Morgan fingerprint density at radius 3 is 2.37 bits per heavy atom. The van der Waals surface area contributed by atoms with Crippen LogP contribution in [0.2, 0.25) is 0 Å². The molecule has 0 spiro atoms. The Bertz CT molecular complexity index is 395. The highest BCUT2D eigenvalue weighted by atomic mass is 16.1. The van der Waals surface area contributed by atoms with Gasteiger partial charge in [-0.25, -0.2) is 0 Å². The number of hydrogen-bond donors (Lipinski definition) is 2.